The van der Waals surface area contributed by atoms with Gasteiger partial charge in [0, 0.05) is 6.04 Å². The lowest BCUT2D eigenvalue weighted by atomic mass is 9.93. The number of benzene rings is 1. The Hall–Kier alpha value is -3.36. The number of nitrogens with one attached hydrogen (secondary N) is 2. The molecule has 5 rings (SSSR count). The topological polar surface area (TPSA) is 185 Å². The number of carbonyl (C=O) groups is 1. The van der Waals surface area contributed by atoms with Crippen molar-refractivity contribution in [3.8, 4) is 5.75 Å². The SMILES string of the molecule is COC(=O)[C@H](C)NP(=O)(OC[C@H]1O[C@@H](n2cnc3c(NC4CCC4)nc(N)nc32)[C@](C)(F)[C@@H]1O)Oc1ccccc1. The number of nitrogen functional groups attached to an aromatic ring is 1. The van der Waals surface area contributed by atoms with Crippen molar-refractivity contribution < 1.29 is 37.4 Å². The van der Waals surface area contributed by atoms with E-state index in [-0.39, 0.29) is 23.4 Å². The van der Waals surface area contributed by atoms with E-state index in [0.29, 0.717) is 11.3 Å². The fourth-order valence-corrected chi connectivity index (χ4v) is 6.15. The largest absolute Gasteiger partial charge is 0.468 e. The zero-order valence-corrected chi connectivity index (χ0v) is 23.7. The number of hydrogen-bond donors (Lipinski definition) is 4. The van der Waals surface area contributed by atoms with Crippen LogP contribution in [0.4, 0.5) is 16.2 Å². The molecule has 0 amide bonds. The first-order valence-electron chi connectivity index (χ1n) is 13.1. The molecule has 0 spiro atoms. The van der Waals surface area contributed by atoms with Crippen LogP contribution in [-0.4, -0.2) is 74.3 Å². The molecule has 1 aromatic carbocycles. The van der Waals surface area contributed by atoms with Gasteiger partial charge in [0.15, 0.2) is 28.9 Å². The summed E-state index contributed by atoms with van der Waals surface area (Å²) in [5.41, 5.74) is 4.19. The standard InChI is InChI=1S/C25H33FN7O7P/c1-14(22(35)37-3)32-41(36,40-16-10-5-4-6-11-16)38-12-17-19(34)25(2,26)23(39-17)33-13-28-18-20(29-15-8-7-9-15)30-24(27)31-21(18)33/h4-6,10-11,13-15,17,19,23,34H,7-9,12H2,1-3H3,(H,32,36)(H3,27,29,30,31)/t14-,17+,19+,23+,25+,41?/m0/s1. The Balaban J connectivity index is 1.37. The molecule has 14 nitrogen and oxygen atoms in total. The Morgan fingerprint density at radius 2 is 2.07 bits per heavy atom. The number of aliphatic hydroxyl groups excluding tert-OH is 1. The van der Waals surface area contributed by atoms with Gasteiger partial charge in [0.25, 0.3) is 0 Å². The number of imidazole rings is 1. The summed E-state index contributed by atoms with van der Waals surface area (Å²) in [6, 6.07) is 7.30. The van der Waals surface area contributed by atoms with Gasteiger partial charge in [0.2, 0.25) is 5.95 Å². The van der Waals surface area contributed by atoms with Crippen LogP contribution in [0.2, 0.25) is 0 Å². The fourth-order valence-electron chi connectivity index (χ4n) is 4.65. The number of ether oxygens (including phenoxy) is 2. The Morgan fingerprint density at radius 3 is 2.73 bits per heavy atom. The number of rotatable bonds is 11. The van der Waals surface area contributed by atoms with Crippen LogP contribution in [0.3, 0.4) is 0 Å². The molecule has 1 saturated heterocycles. The monoisotopic (exact) mass is 593 g/mol. The van der Waals surface area contributed by atoms with Crippen LogP contribution in [0.5, 0.6) is 5.75 Å². The molecule has 1 saturated carbocycles. The van der Waals surface area contributed by atoms with Crippen molar-refractivity contribution in [2.45, 2.75) is 69.3 Å². The lowest BCUT2D eigenvalue weighted by Crippen LogP contribution is -2.41. The summed E-state index contributed by atoms with van der Waals surface area (Å²) in [6.07, 6.45) is 0.0268. The van der Waals surface area contributed by atoms with Gasteiger partial charge in [-0.25, -0.2) is 13.9 Å². The number of fused-ring (bicyclic) bond motifs is 1. The molecule has 0 bridgehead atoms. The van der Waals surface area contributed by atoms with Gasteiger partial charge in [-0.3, -0.25) is 13.9 Å². The highest BCUT2D eigenvalue weighted by Crippen LogP contribution is 2.48. The van der Waals surface area contributed by atoms with Crippen LogP contribution in [0, 0.1) is 0 Å². The third-order valence-electron chi connectivity index (χ3n) is 7.14. The molecule has 2 aliphatic rings. The molecule has 222 valence electrons. The second-order valence-electron chi connectivity index (χ2n) is 10.2. The van der Waals surface area contributed by atoms with Crippen LogP contribution in [0.1, 0.15) is 39.3 Å². The molecule has 1 unspecified atom stereocenters. The number of nitrogens with two attached hydrogens (primary N) is 1. The van der Waals surface area contributed by atoms with Crippen LogP contribution >= 0.6 is 7.75 Å². The van der Waals surface area contributed by atoms with E-state index in [1.807, 2.05) is 0 Å². The molecule has 5 N–H and O–H groups in total. The first kappa shape index (κ1) is 29.1. The quantitative estimate of drug-likeness (QED) is 0.188. The summed E-state index contributed by atoms with van der Waals surface area (Å²) in [5, 5.41) is 16.7. The lowest BCUT2D eigenvalue weighted by molar-refractivity contribution is -0.142. The van der Waals surface area contributed by atoms with Crippen molar-refractivity contribution in [3.05, 3.63) is 36.7 Å². The van der Waals surface area contributed by atoms with E-state index in [1.165, 1.54) is 31.9 Å². The van der Waals surface area contributed by atoms with E-state index in [9.17, 15) is 14.5 Å². The average Bonchev–Trinajstić information content (AvgIpc) is 3.42. The van der Waals surface area contributed by atoms with E-state index in [2.05, 4.69) is 30.1 Å². The highest BCUT2D eigenvalue weighted by atomic mass is 31.2. The Labute approximate surface area is 235 Å². The van der Waals surface area contributed by atoms with Crippen molar-refractivity contribution in [1.29, 1.82) is 0 Å². The maximum Gasteiger partial charge on any atom is 0.459 e. The minimum absolute atomic E-state index is 0.0372. The molecule has 1 aliphatic carbocycles. The number of para-hydroxylation sites is 1. The maximum absolute atomic E-state index is 16.1. The van der Waals surface area contributed by atoms with Crippen LogP contribution < -0.4 is 20.7 Å². The van der Waals surface area contributed by atoms with Crippen molar-refractivity contribution in [2.75, 3.05) is 24.8 Å². The number of esters is 1. The summed E-state index contributed by atoms with van der Waals surface area (Å²) >= 11 is 0. The van der Waals surface area contributed by atoms with Crippen LogP contribution in [-0.2, 0) is 23.4 Å². The second-order valence-corrected chi connectivity index (χ2v) is 11.9. The summed E-state index contributed by atoms with van der Waals surface area (Å²) in [7, 11) is -3.08. The Kier molecular flexibility index (Phi) is 8.17. The van der Waals surface area contributed by atoms with Crippen molar-refractivity contribution >= 4 is 36.6 Å². The number of nitrogens with zero attached hydrogens (tertiary/aromatic N) is 4. The van der Waals surface area contributed by atoms with Crippen molar-refractivity contribution in [2.24, 2.45) is 0 Å². The summed E-state index contributed by atoms with van der Waals surface area (Å²) < 4.78 is 52.8. The van der Waals surface area contributed by atoms with Gasteiger partial charge in [-0.1, -0.05) is 18.2 Å². The van der Waals surface area contributed by atoms with E-state index >= 15 is 4.39 Å². The second kappa shape index (κ2) is 11.5. The van der Waals surface area contributed by atoms with Gasteiger partial charge in [0.1, 0.15) is 24.0 Å². The van der Waals surface area contributed by atoms with Gasteiger partial charge >= 0.3 is 13.7 Å². The van der Waals surface area contributed by atoms with Gasteiger partial charge in [-0.05, 0) is 45.2 Å². The molecule has 1 aliphatic heterocycles. The van der Waals surface area contributed by atoms with E-state index in [1.54, 1.807) is 30.3 Å². The van der Waals surface area contributed by atoms with E-state index in [4.69, 9.17) is 19.5 Å². The molecule has 2 aromatic heterocycles. The molecule has 16 heteroatoms. The highest BCUT2D eigenvalue weighted by molar-refractivity contribution is 7.52. The zero-order valence-electron chi connectivity index (χ0n) is 22.8. The molecule has 3 heterocycles. The number of aliphatic hydroxyl groups is 1. The van der Waals surface area contributed by atoms with Gasteiger partial charge < -0.3 is 30.2 Å². The molecular formula is C25H33FN7O7P. The third-order valence-corrected chi connectivity index (χ3v) is 8.78. The highest BCUT2D eigenvalue weighted by Gasteiger charge is 2.56. The molecule has 3 aromatic rings. The predicted octanol–water partition coefficient (Wildman–Crippen LogP) is 2.71. The van der Waals surface area contributed by atoms with Gasteiger partial charge in [-0.15, -0.1) is 0 Å². The third kappa shape index (κ3) is 5.99. The number of hydrogen-bond acceptors (Lipinski definition) is 12. The van der Waals surface area contributed by atoms with Crippen LogP contribution in [0.25, 0.3) is 11.2 Å². The summed E-state index contributed by atoms with van der Waals surface area (Å²) in [4.78, 5) is 24.8. The number of halogens is 1. The van der Waals surface area contributed by atoms with E-state index < -0.39 is 50.5 Å². The van der Waals surface area contributed by atoms with Crippen LogP contribution in [0.15, 0.2) is 36.7 Å². The molecular weight excluding hydrogens is 560 g/mol. The smallest absolute Gasteiger partial charge is 0.459 e. The van der Waals surface area contributed by atoms with E-state index in [0.717, 1.165) is 19.3 Å². The summed E-state index contributed by atoms with van der Waals surface area (Å²) in [5.74, 6) is -0.127. The van der Waals surface area contributed by atoms with Crippen molar-refractivity contribution in [1.82, 2.24) is 24.6 Å². The van der Waals surface area contributed by atoms with Gasteiger partial charge in [-0.2, -0.15) is 15.1 Å². The lowest BCUT2D eigenvalue weighted by Gasteiger charge is -2.27. The Morgan fingerprint density at radius 1 is 1.34 bits per heavy atom. The predicted molar refractivity (Wildman–Crippen MR) is 146 cm³/mol. The number of alkyl halides is 1. The van der Waals surface area contributed by atoms with Crippen molar-refractivity contribution in [3.63, 3.8) is 0 Å². The Bertz CT molecular complexity index is 1440. The number of methoxy groups -OCH3 is 1. The molecule has 6 atom stereocenters. The molecule has 41 heavy (non-hydrogen) atoms. The number of aromatic nitrogens is 4. The fraction of sp³-hybridized carbons (Fsp3) is 0.520. The number of anilines is 2. The minimum Gasteiger partial charge on any atom is -0.468 e. The first-order valence-corrected chi connectivity index (χ1v) is 14.7. The zero-order chi connectivity index (χ0) is 29.4. The molecule has 0 radical (unpaired) electrons. The summed E-state index contributed by atoms with van der Waals surface area (Å²) in [6.45, 7) is 2.03. The number of carbonyl (C=O) groups excluding carboxylic acids is 1. The minimum atomic E-state index is -4.26. The molecule has 2 fully saturated rings. The first-order chi connectivity index (χ1) is 19.5. The van der Waals surface area contributed by atoms with Gasteiger partial charge in [0.05, 0.1) is 20.0 Å². The normalized spacial score (nSPS) is 26.7. The maximum atomic E-state index is 16.1. The average molecular weight is 594 g/mol.